The van der Waals surface area contributed by atoms with Gasteiger partial charge in [0.25, 0.3) is 11.6 Å². The van der Waals surface area contributed by atoms with Crippen molar-refractivity contribution >= 4 is 29.1 Å². The Hall–Kier alpha value is -3.43. The number of anilines is 2. The van der Waals surface area contributed by atoms with Crippen LogP contribution in [0.2, 0.25) is 0 Å². The minimum absolute atomic E-state index is 0.0195. The summed E-state index contributed by atoms with van der Waals surface area (Å²) in [6.45, 7) is 5.19. The second-order valence-corrected chi connectivity index (χ2v) is 5.82. The molecule has 10 heteroatoms. The van der Waals surface area contributed by atoms with E-state index in [1.165, 1.54) is 25.3 Å². The number of hydrogen-bond donors (Lipinski definition) is 2. The van der Waals surface area contributed by atoms with Crippen molar-refractivity contribution < 1.29 is 19.2 Å². The van der Waals surface area contributed by atoms with E-state index < -0.39 is 22.9 Å². The number of hydrogen-bond acceptors (Lipinski definition) is 7. The molecule has 0 spiro atoms. The number of amides is 1. The number of aromatic nitrogens is 2. The van der Waals surface area contributed by atoms with Gasteiger partial charge in [-0.25, -0.2) is 9.48 Å². The normalized spacial score (nSPS) is 11.8. The number of benzene rings is 1. The molecule has 26 heavy (non-hydrogen) atoms. The van der Waals surface area contributed by atoms with Gasteiger partial charge in [-0.15, -0.1) is 0 Å². The van der Waals surface area contributed by atoms with Crippen LogP contribution in [0.5, 0.6) is 0 Å². The summed E-state index contributed by atoms with van der Waals surface area (Å²) in [6.07, 6.45) is 0.396. The summed E-state index contributed by atoms with van der Waals surface area (Å²) >= 11 is 0. The first-order valence-corrected chi connectivity index (χ1v) is 7.80. The fourth-order valence-electron chi connectivity index (χ4n) is 2.16. The lowest BCUT2D eigenvalue weighted by Crippen LogP contribution is -2.31. The molecule has 0 aliphatic rings. The molecule has 0 saturated heterocycles. The molecule has 1 unspecified atom stereocenters. The molecule has 0 fully saturated rings. The zero-order valence-electron chi connectivity index (χ0n) is 14.5. The molecule has 1 atom stereocenters. The first-order valence-electron chi connectivity index (χ1n) is 7.80. The van der Waals surface area contributed by atoms with Gasteiger partial charge in [-0.1, -0.05) is 0 Å². The van der Waals surface area contributed by atoms with E-state index >= 15 is 0 Å². The Kier molecular flexibility index (Phi) is 5.55. The van der Waals surface area contributed by atoms with E-state index in [-0.39, 0.29) is 23.0 Å². The number of nitrogens with one attached hydrogen (secondary N) is 1. The molecule has 1 aromatic carbocycles. The largest absolute Gasteiger partial charge is 0.449 e. The monoisotopic (exact) mass is 361 g/mol. The number of rotatable bonds is 6. The highest BCUT2D eigenvalue weighted by molar-refractivity contribution is 5.99. The molecule has 1 aromatic heterocycles. The number of nitro benzene ring substituents is 1. The highest BCUT2D eigenvalue weighted by Crippen LogP contribution is 2.21. The topological polar surface area (TPSA) is 142 Å². The molecule has 2 aromatic rings. The number of non-ortho nitro benzene ring substituents is 1. The summed E-state index contributed by atoms with van der Waals surface area (Å²) in [5.74, 6) is -1.03. The van der Waals surface area contributed by atoms with Gasteiger partial charge >= 0.3 is 5.97 Å². The van der Waals surface area contributed by atoms with Gasteiger partial charge in [0, 0.05) is 29.9 Å². The fraction of sp³-hybridized carbons (Fsp3) is 0.312. The smallest absolute Gasteiger partial charge is 0.341 e. The van der Waals surface area contributed by atoms with Crippen LogP contribution in [-0.2, 0) is 9.53 Å². The van der Waals surface area contributed by atoms with E-state index in [0.29, 0.717) is 5.82 Å². The Morgan fingerprint density at radius 1 is 1.31 bits per heavy atom. The van der Waals surface area contributed by atoms with Crippen molar-refractivity contribution in [2.75, 3.05) is 11.1 Å². The van der Waals surface area contributed by atoms with Gasteiger partial charge in [0.05, 0.1) is 16.7 Å². The van der Waals surface area contributed by atoms with Crippen LogP contribution in [0.4, 0.5) is 17.2 Å². The van der Waals surface area contributed by atoms with Crippen molar-refractivity contribution in [3.8, 4) is 0 Å². The van der Waals surface area contributed by atoms with Crippen molar-refractivity contribution in [1.82, 2.24) is 9.78 Å². The molecule has 3 N–H and O–H groups in total. The van der Waals surface area contributed by atoms with Crippen LogP contribution in [-0.4, -0.2) is 32.7 Å². The summed E-state index contributed by atoms with van der Waals surface area (Å²) in [5.41, 5.74) is 5.21. The summed E-state index contributed by atoms with van der Waals surface area (Å²) in [5, 5.41) is 17.5. The van der Waals surface area contributed by atoms with Crippen LogP contribution in [0.3, 0.4) is 0 Å². The van der Waals surface area contributed by atoms with Gasteiger partial charge in [-0.2, -0.15) is 5.10 Å². The number of ether oxygens (including phenoxy) is 1. The van der Waals surface area contributed by atoms with E-state index in [9.17, 15) is 19.7 Å². The molecular formula is C16H19N5O5. The highest BCUT2D eigenvalue weighted by Gasteiger charge is 2.23. The lowest BCUT2D eigenvalue weighted by molar-refractivity contribution is -0.384. The van der Waals surface area contributed by atoms with E-state index in [2.05, 4.69) is 10.4 Å². The second kappa shape index (κ2) is 7.64. The summed E-state index contributed by atoms with van der Waals surface area (Å²) in [4.78, 5) is 34.6. The quantitative estimate of drug-likeness (QED) is 0.347. The van der Waals surface area contributed by atoms with Crippen LogP contribution in [0.25, 0.3) is 0 Å². The summed E-state index contributed by atoms with van der Waals surface area (Å²) in [7, 11) is 0. The van der Waals surface area contributed by atoms with Crippen molar-refractivity contribution in [2.45, 2.75) is 32.9 Å². The van der Waals surface area contributed by atoms with Crippen LogP contribution < -0.4 is 11.1 Å². The molecule has 2 rings (SSSR count). The molecule has 10 nitrogen and oxygen atoms in total. The maximum Gasteiger partial charge on any atom is 0.341 e. The molecule has 0 aliphatic carbocycles. The van der Waals surface area contributed by atoms with Crippen LogP contribution >= 0.6 is 0 Å². The van der Waals surface area contributed by atoms with E-state index in [1.54, 1.807) is 10.7 Å². The SMILES string of the molecule is CC(OC(=O)c1cc([N+](=O)[O-])ccc1N)C(=O)Nc1ccnn1C(C)C. The Balaban J connectivity index is 2.09. The lowest BCUT2D eigenvalue weighted by atomic mass is 10.1. The van der Waals surface area contributed by atoms with Gasteiger partial charge in [-0.3, -0.25) is 14.9 Å². The van der Waals surface area contributed by atoms with Gasteiger partial charge in [0.15, 0.2) is 6.10 Å². The maximum absolute atomic E-state index is 12.2. The first kappa shape index (κ1) is 18.9. The number of nitrogens with zero attached hydrogens (tertiary/aromatic N) is 3. The number of carbonyl (C=O) groups is 2. The average Bonchev–Trinajstić information content (AvgIpc) is 3.03. The minimum Gasteiger partial charge on any atom is -0.449 e. The minimum atomic E-state index is -1.14. The van der Waals surface area contributed by atoms with E-state index in [0.717, 1.165) is 6.07 Å². The fourth-order valence-corrected chi connectivity index (χ4v) is 2.16. The molecule has 0 saturated carbocycles. The predicted molar refractivity (Wildman–Crippen MR) is 93.6 cm³/mol. The molecule has 1 amide bonds. The number of nitro groups is 1. The molecule has 138 valence electrons. The second-order valence-electron chi connectivity index (χ2n) is 5.82. The molecule has 0 aliphatic heterocycles. The first-order chi connectivity index (χ1) is 12.2. The number of esters is 1. The van der Waals surface area contributed by atoms with Crippen molar-refractivity contribution in [1.29, 1.82) is 0 Å². The third-order valence-corrected chi connectivity index (χ3v) is 3.53. The Morgan fingerprint density at radius 2 is 2.00 bits per heavy atom. The van der Waals surface area contributed by atoms with Crippen molar-refractivity contribution in [3.05, 3.63) is 46.1 Å². The number of nitrogens with two attached hydrogens (primary N) is 1. The van der Waals surface area contributed by atoms with Crippen LogP contribution in [0.15, 0.2) is 30.5 Å². The molecule has 0 bridgehead atoms. The molecule has 0 radical (unpaired) electrons. The van der Waals surface area contributed by atoms with Crippen LogP contribution in [0, 0.1) is 10.1 Å². The predicted octanol–water partition coefficient (Wildman–Crippen LogP) is 2.14. The summed E-state index contributed by atoms with van der Waals surface area (Å²) < 4.78 is 6.68. The summed E-state index contributed by atoms with van der Waals surface area (Å²) in [6, 6.07) is 5.07. The Bertz CT molecular complexity index is 845. The van der Waals surface area contributed by atoms with Crippen molar-refractivity contribution in [3.63, 3.8) is 0 Å². The molecular weight excluding hydrogens is 342 g/mol. The third-order valence-electron chi connectivity index (χ3n) is 3.53. The maximum atomic E-state index is 12.2. The Labute approximate surface area is 149 Å². The van der Waals surface area contributed by atoms with Gasteiger partial charge < -0.3 is 15.8 Å². The zero-order chi connectivity index (χ0) is 19.4. The van der Waals surface area contributed by atoms with Gasteiger partial charge in [-0.05, 0) is 26.8 Å². The van der Waals surface area contributed by atoms with E-state index in [4.69, 9.17) is 10.5 Å². The van der Waals surface area contributed by atoms with Gasteiger partial charge in [0.1, 0.15) is 5.82 Å². The van der Waals surface area contributed by atoms with Crippen LogP contribution in [0.1, 0.15) is 37.2 Å². The van der Waals surface area contributed by atoms with Gasteiger partial charge in [0.2, 0.25) is 0 Å². The van der Waals surface area contributed by atoms with E-state index in [1.807, 2.05) is 13.8 Å². The molecule has 1 heterocycles. The average molecular weight is 361 g/mol. The van der Waals surface area contributed by atoms with Crippen molar-refractivity contribution in [2.24, 2.45) is 0 Å². The zero-order valence-corrected chi connectivity index (χ0v) is 14.5. The number of nitrogen functional groups attached to an aromatic ring is 1. The lowest BCUT2D eigenvalue weighted by Gasteiger charge is -2.16. The number of carbonyl (C=O) groups excluding carboxylic acids is 2. The Morgan fingerprint density at radius 3 is 2.62 bits per heavy atom. The third kappa shape index (κ3) is 4.15. The highest BCUT2D eigenvalue weighted by atomic mass is 16.6. The standard InChI is InChI=1S/C16H19N5O5/c1-9(2)20-14(6-7-18-20)19-15(22)10(3)26-16(23)12-8-11(21(24)25)4-5-13(12)17/h4-10H,17H2,1-3H3,(H,19,22).